The molecule has 146 valence electrons. The van der Waals surface area contributed by atoms with Crippen LogP contribution in [-0.2, 0) is 14.6 Å². The van der Waals surface area contributed by atoms with Gasteiger partial charge in [0.25, 0.3) is 0 Å². The molecule has 0 bridgehead atoms. The van der Waals surface area contributed by atoms with Crippen LogP contribution in [0.2, 0.25) is 0 Å². The summed E-state index contributed by atoms with van der Waals surface area (Å²) in [5, 5.41) is 0. The van der Waals surface area contributed by atoms with Gasteiger partial charge in [-0.1, -0.05) is 73.7 Å². The number of rotatable bonds is 7. The van der Waals surface area contributed by atoms with Crippen molar-refractivity contribution in [3.8, 4) is 11.5 Å². The molecule has 28 heavy (non-hydrogen) atoms. The molecule has 0 saturated carbocycles. The van der Waals surface area contributed by atoms with Crippen LogP contribution in [0.5, 0.6) is 11.5 Å². The molecule has 4 nitrogen and oxygen atoms in total. The van der Waals surface area contributed by atoms with Gasteiger partial charge in [0.15, 0.2) is 14.6 Å². The molecule has 3 aromatic rings. The lowest BCUT2D eigenvalue weighted by Gasteiger charge is -2.36. The van der Waals surface area contributed by atoms with Crippen LogP contribution in [0.25, 0.3) is 0 Å². The minimum atomic E-state index is -3.71. The monoisotopic (exact) mass is 396 g/mol. The summed E-state index contributed by atoms with van der Waals surface area (Å²) < 4.78 is 37.4. The Morgan fingerprint density at radius 2 is 1.14 bits per heavy atom. The number of methoxy groups -OCH3 is 2. The van der Waals surface area contributed by atoms with Crippen LogP contribution in [-0.4, -0.2) is 28.4 Å². The van der Waals surface area contributed by atoms with Gasteiger partial charge in [-0.3, -0.25) is 0 Å². The molecule has 0 N–H and O–H groups in total. The van der Waals surface area contributed by atoms with Gasteiger partial charge in [0.2, 0.25) is 0 Å². The van der Waals surface area contributed by atoms with Crippen LogP contribution >= 0.6 is 0 Å². The van der Waals surface area contributed by atoms with E-state index in [9.17, 15) is 8.42 Å². The van der Waals surface area contributed by atoms with E-state index in [0.717, 1.165) is 0 Å². The van der Waals surface area contributed by atoms with Crippen molar-refractivity contribution in [3.05, 3.63) is 95.6 Å². The highest BCUT2D eigenvalue weighted by atomic mass is 32.2. The van der Waals surface area contributed by atoms with Crippen molar-refractivity contribution in [2.24, 2.45) is 0 Å². The van der Waals surface area contributed by atoms with Crippen molar-refractivity contribution in [1.29, 1.82) is 0 Å². The number of sulfone groups is 1. The van der Waals surface area contributed by atoms with Gasteiger partial charge in [-0.2, -0.15) is 0 Å². The molecule has 0 radical (unpaired) electrons. The van der Waals surface area contributed by atoms with E-state index in [-0.39, 0.29) is 5.75 Å². The second-order valence-corrected chi connectivity index (χ2v) is 8.77. The van der Waals surface area contributed by atoms with Gasteiger partial charge in [-0.05, 0) is 17.7 Å². The standard InChI is InChI=1S/C23H24O4S/c1-4-28(24,25)23(18-12-6-5-7-13-18,19-14-8-10-16-21(19)26-2)20-15-9-11-17-22(20)27-3/h5-17H,4H2,1-3H3. The minimum absolute atomic E-state index is 0.0437. The molecule has 0 fully saturated rings. The average Bonchev–Trinajstić information content (AvgIpc) is 2.75. The Hall–Kier alpha value is -2.79. The summed E-state index contributed by atoms with van der Waals surface area (Å²) in [5.41, 5.74) is 1.77. The van der Waals surface area contributed by atoms with Gasteiger partial charge < -0.3 is 9.47 Å². The first-order valence-corrected chi connectivity index (χ1v) is 10.7. The molecule has 0 saturated heterocycles. The van der Waals surface area contributed by atoms with E-state index in [2.05, 4.69) is 0 Å². The predicted molar refractivity (Wildman–Crippen MR) is 112 cm³/mol. The molecular weight excluding hydrogens is 372 g/mol. The number of benzene rings is 3. The fourth-order valence-electron chi connectivity index (χ4n) is 3.73. The summed E-state index contributed by atoms with van der Waals surface area (Å²) in [6.45, 7) is 1.66. The normalized spacial score (nSPS) is 11.8. The number of ether oxygens (including phenoxy) is 2. The molecular formula is C23H24O4S. The molecule has 5 heteroatoms. The van der Waals surface area contributed by atoms with Gasteiger partial charge >= 0.3 is 0 Å². The molecule has 0 unspecified atom stereocenters. The molecule has 0 spiro atoms. The van der Waals surface area contributed by atoms with Crippen molar-refractivity contribution in [1.82, 2.24) is 0 Å². The molecule has 0 aromatic heterocycles. The van der Waals surface area contributed by atoms with Gasteiger partial charge in [-0.25, -0.2) is 8.42 Å². The van der Waals surface area contributed by atoms with Crippen LogP contribution in [0.3, 0.4) is 0 Å². The average molecular weight is 397 g/mol. The lowest BCUT2D eigenvalue weighted by Crippen LogP contribution is -2.40. The number of para-hydroxylation sites is 2. The van der Waals surface area contributed by atoms with Crippen molar-refractivity contribution >= 4 is 9.84 Å². The maximum absolute atomic E-state index is 13.8. The van der Waals surface area contributed by atoms with Gasteiger partial charge in [0.1, 0.15) is 11.5 Å². The van der Waals surface area contributed by atoms with Gasteiger partial charge in [0, 0.05) is 16.9 Å². The fraction of sp³-hybridized carbons (Fsp3) is 0.217. The minimum Gasteiger partial charge on any atom is -0.496 e. The Kier molecular flexibility index (Phi) is 5.75. The molecule has 0 aliphatic rings. The van der Waals surface area contributed by atoms with Crippen LogP contribution in [0.1, 0.15) is 23.6 Å². The lowest BCUT2D eigenvalue weighted by atomic mass is 9.83. The molecule has 0 atom stereocenters. The highest BCUT2D eigenvalue weighted by Gasteiger charge is 2.50. The molecule has 0 aliphatic carbocycles. The van der Waals surface area contributed by atoms with E-state index in [1.54, 1.807) is 33.3 Å². The van der Waals surface area contributed by atoms with Crippen molar-refractivity contribution in [2.75, 3.05) is 20.0 Å². The predicted octanol–water partition coefficient (Wildman–Crippen LogP) is 4.43. The van der Waals surface area contributed by atoms with Crippen LogP contribution in [0.4, 0.5) is 0 Å². The Labute approximate surface area is 166 Å². The first-order valence-electron chi connectivity index (χ1n) is 9.07. The summed E-state index contributed by atoms with van der Waals surface area (Å²) in [7, 11) is -0.604. The summed E-state index contributed by atoms with van der Waals surface area (Å²) in [6.07, 6.45) is 0. The van der Waals surface area contributed by atoms with Crippen molar-refractivity contribution in [2.45, 2.75) is 11.7 Å². The first-order chi connectivity index (χ1) is 13.5. The zero-order valence-corrected chi connectivity index (χ0v) is 17.1. The van der Waals surface area contributed by atoms with Crippen LogP contribution < -0.4 is 9.47 Å². The Bertz CT molecular complexity index is 995. The molecule has 3 rings (SSSR count). The van der Waals surface area contributed by atoms with E-state index >= 15 is 0 Å². The first kappa shape index (κ1) is 20.0. The maximum Gasteiger partial charge on any atom is 0.168 e. The van der Waals surface area contributed by atoms with Gasteiger partial charge in [0.05, 0.1) is 14.2 Å². The largest absolute Gasteiger partial charge is 0.496 e. The topological polar surface area (TPSA) is 52.6 Å². The van der Waals surface area contributed by atoms with E-state index in [4.69, 9.17) is 9.47 Å². The third-order valence-corrected chi connectivity index (χ3v) is 7.37. The Morgan fingerprint density at radius 3 is 1.57 bits per heavy atom. The van der Waals surface area contributed by atoms with E-state index in [1.807, 2.05) is 66.7 Å². The van der Waals surface area contributed by atoms with Crippen molar-refractivity contribution in [3.63, 3.8) is 0 Å². The molecule has 0 aliphatic heterocycles. The van der Waals surface area contributed by atoms with E-state index in [0.29, 0.717) is 28.2 Å². The Balaban J connectivity index is 2.59. The Morgan fingerprint density at radius 1 is 0.714 bits per heavy atom. The summed E-state index contributed by atoms with van der Waals surface area (Å²) >= 11 is 0. The second-order valence-electron chi connectivity index (χ2n) is 6.35. The van der Waals surface area contributed by atoms with Gasteiger partial charge in [-0.15, -0.1) is 0 Å². The highest BCUT2D eigenvalue weighted by molar-refractivity contribution is 7.92. The zero-order chi connectivity index (χ0) is 20.2. The second kappa shape index (κ2) is 8.07. The number of hydrogen-bond donors (Lipinski definition) is 0. The maximum atomic E-state index is 13.8. The number of hydrogen-bond acceptors (Lipinski definition) is 4. The SMILES string of the molecule is CCS(=O)(=O)C(c1ccccc1)(c1ccccc1OC)c1ccccc1OC. The smallest absolute Gasteiger partial charge is 0.168 e. The van der Waals surface area contributed by atoms with E-state index < -0.39 is 14.6 Å². The lowest BCUT2D eigenvalue weighted by molar-refractivity contribution is 0.398. The molecule has 0 heterocycles. The molecule has 0 amide bonds. The summed E-state index contributed by atoms with van der Waals surface area (Å²) in [6, 6.07) is 23.8. The summed E-state index contributed by atoms with van der Waals surface area (Å²) in [4.78, 5) is 0. The highest BCUT2D eigenvalue weighted by Crippen LogP contribution is 2.50. The van der Waals surface area contributed by atoms with Crippen molar-refractivity contribution < 1.29 is 17.9 Å². The fourth-order valence-corrected chi connectivity index (χ4v) is 5.67. The third kappa shape index (κ3) is 3.06. The summed E-state index contributed by atoms with van der Waals surface area (Å²) in [5.74, 6) is 0.974. The van der Waals surface area contributed by atoms with Crippen LogP contribution in [0, 0.1) is 0 Å². The zero-order valence-electron chi connectivity index (χ0n) is 16.3. The quantitative estimate of drug-likeness (QED) is 0.555. The van der Waals surface area contributed by atoms with E-state index in [1.165, 1.54) is 0 Å². The third-order valence-electron chi connectivity index (χ3n) is 5.00. The molecule has 3 aromatic carbocycles. The van der Waals surface area contributed by atoms with Crippen LogP contribution in [0.15, 0.2) is 78.9 Å².